The summed E-state index contributed by atoms with van der Waals surface area (Å²) in [6, 6.07) is 1.57. The van der Waals surface area contributed by atoms with E-state index in [1.165, 1.54) is 51.6 Å². The Kier molecular flexibility index (Phi) is 4.04. The van der Waals surface area contributed by atoms with Crippen LogP contribution in [0, 0.1) is 5.92 Å². The van der Waals surface area contributed by atoms with Crippen LogP contribution in [0.1, 0.15) is 45.4 Å². The summed E-state index contributed by atoms with van der Waals surface area (Å²) in [4.78, 5) is 2.73. The number of hydrogen-bond acceptors (Lipinski definition) is 2. The molecule has 0 aromatic rings. The molecule has 2 rings (SSSR count). The van der Waals surface area contributed by atoms with E-state index in [2.05, 4.69) is 24.2 Å². The Labute approximate surface area is 94.4 Å². The van der Waals surface area contributed by atoms with Gasteiger partial charge in [0.25, 0.3) is 0 Å². The van der Waals surface area contributed by atoms with E-state index >= 15 is 0 Å². The van der Waals surface area contributed by atoms with E-state index in [1.54, 1.807) is 0 Å². The highest BCUT2D eigenvalue weighted by Gasteiger charge is 2.32. The van der Waals surface area contributed by atoms with Crippen molar-refractivity contribution in [2.75, 3.05) is 20.1 Å². The largest absolute Gasteiger partial charge is 0.315 e. The summed E-state index contributed by atoms with van der Waals surface area (Å²) >= 11 is 0. The van der Waals surface area contributed by atoms with Gasteiger partial charge in [-0.3, -0.25) is 4.90 Å². The van der Waals surface area contributed by atoms with Gasteiger partial charge in [0.05, 0.1) is 0 Å². The van der Waals surface area contributed by atoms with Gasteiger partial charge in [0.15, 0.2) is 0 Å². The van der Waals surface area contributed by atoms with Crippen molar-refractivity contribution in [2.45, 2.75) is 57.5 Å². The van der Waals surface area contributed by atoms with Crippen molar-refractivity contribution in [3.8, 4) is 0 Å². The Morgan fingerprint density at radius 3 is 2.40 bits per heavy atom. The average molecular weight is 210 g/mol. The molecular weight excluding hydrogens is 184 g/mol. The Hall–Kier alpha value is -0.0800. The molecular formula is C13H26N2. The van der Waals surface area contributed by atoms with Gasteiger partial charge in [-0.05, 0) is 45.2 Å². The predicted molar refractivity (Wildman–Crippen MR) is 65.1 cm³/mol. The van der Waals surface area contributed by atoms with Crippen LogP contribution in [0.25, 0.3) is 0 Å². The van der Waals surface area contributed by atoms with Gasteiger partial charge in [0.1, 0.15) is 0 Å². The maximum atomic E-state index is 3.50. The molecule has 1 N–H and O–H groups in total. The number of likely N-dealkylation sites (N-methyl/N-ethyl adjacent to an activating group) is 2. The number of rotatable bonds is 5. The molecule has 88 valence electrons. The molecule has 0 aromatic carbocycles. The van der Waals surface area contributed by atoms with Gasteiger partial charge in [-0.15, -0.1) is 0 Å². The fourth-order valence-corrected chi connectivity index (χ4v) is 3.22. The number of nitrogens with zero attached hydrogens (tertiary/aromatic N) is 1. The Bertz CT molecular complexity index is 189. The van der Waals surface area contributed by atoms with Gasteiger partial charge in [0.2, 0.25) is 0 Å². The lowest BCUT2D eigenvalue weighted by molar-refractivity contribution is 0.126. The molecule has 2 aliphatic rings. The third-order valence-corrected chi connectivity index (χ3v) is 4.44. The summed E-state index contributed by atoms with van der Waals surface area (Å²) in [7, 11) is 2.13. The quantitative estimate of drug-likeness (QED) is 0.749. The smallest absolute Gasteiger partial charge is 0.0249 e. The lowest BCUT2D eigenvalue weighted by Crippen LogP contribution is -2.48. The van der Waals surface area contributed by atoms with Crippen LogP contribution in [0.4, 0.5) is 0 Å². The molecule has 0 saturated heterocycles. The van der Waals surface area contributed by atoms with Crippen LogP contribution in [0.15, 0.2) is 0 Å². The molecule has 0 spiro atoms. The molecule has 2 saturated carbocycles. The van der Waals surface area contributed by atoms with Crippen LogP contribution in [0.2, 0.25) is 0 Å². The third-order valence-electron chi connectivity index (χ3n) is 4.44. The summed E-state index contributed by atoms with van der Waals surface area (Å²) in [5.74, 6) is 1.02. The lowest BCUT2D eigenvalue weighted by atomic mass is 9.84. The van der Waals surface area contributed by atoms with E-state index < -0.39 is 0 Å². The molecule has 2 nitrogen and oxygen atoms in total. The average Bonchev–Trinajstić information content (AvgIpc) is 2.64. The van der Waals surface area contributed by atoms with Crippen molar-refractivity contribution in [1.29, 1.82) is 0 Å². The first-order valence-electron chi connectivity index (χ1n) is 6.76. The molecule has 0 amide bonds. The topological polar surface area (TPSA) is 15.3 Å². The fourth-order valence-electron chi connectivity index (χ4n) is 3.22. The predicted octanol–water partition coefficient (Wildman–Crippen LogP) is 2.25. The molecule has 2 aliphatic carbocycles. The summed E-state index contributed by atoms with van der Waals surface area (Å²) in [6.45, 7) is 4.92. The minimum absolute atomic E-state index is 0.755. The highest BCUT2D eigenvalue weighted by Crippen LogP contribution is 2.30. The number of hydrogen-bond donors (Lipinski definition) is 1. The molecule has 0 radical (unpaired) electrons. The molecule has 0 aliphatic heterocycles. The minimum atomic E-state index is 0.755. The number of nitrogens with one attached hydrogen (secondary N) is 1. The summed E-state index contributed by atoms with van der Waals surface area (Å²) in [5, 5.41) is 3.50. The summed E-state index contributed by atoms with van der Waals surface area (Å²) in [5.41, 5.74) is 0. The van der Waals surface area contributed by atoms with E-state index in [0.717, 1.165) is 18.0 Å². The summed E-state index contributed by atoms with van der Waals surface area (Å²) < 4.78 is 0. The van der Waals surface area contributed by atoms with Gasteiger partial charge in [-0.2, -0.15) is 0 Å². The van der Waals surface area contributed by atoms with Gasteiger partial charge in [-0.1, -0.05) is 19.8 Å². The van der Waals surface area contributed by atoms with Crippen LogP contribution in [-0.2, 0) is 0 Å². The van der Waals surface area contributed by atoms with E-state index in [0.29, 0.717) is 0 Å². The SMILES string of the molecule is CCN(CC1CCC1)C1CCCC1NC. The Balaban J connectivity index is 1.86. The van der Waals surface area contributed by atoms with Gasteiger partial charge in [0, 0.05) is 18.6 Å². The van der Waals surface area contributed by atoms with Gasteiger partial charge >= 0.3 is 0 Å². The van der Waals surface area contributed by atoms with Gasteiger partial charge < -0.3 is 5.32 Å². The second-order valence-corrected chi connectivity index (χ2v) is 5.28. The zero-order chi connectivity index (χ0) is 10.7. The first kappa shape index (κ1) is 11.4. The lowest BCUT2D eigenvalue weighted by Gasteiger charge is -2.37. The van der Waals surface area contributed by atoms with Crippen molar-refractivity contribution < 1.29 is 0 Å². The van der Waals surface area contributed by atoms with Crippen LogP contribution >= 0.6 is 0 Å². The molecule has 2 atom stereocenters. The standard InChI is InChI=1S/C13H26N2/c1-3-15(10-11-6-4-7-11)13-9-5-8-12(13)14-2/h11-14H,3-10H2,1-2H3. The normalized spacial score (nSPS) is 32.2. The first-order valence-corrected chi connectivity index (χ1v) is 6.76. The van der Waals surface area contributed by atoms with Crippen molar-refractivity contribution in [3.05, 3.63) is 0 Å². The molecule has 2 heteroatoms. The van der Waals surface area contributed by atoms with Crippen LogP contribution in [-0.4, -0.2) is 37.1 Å². The molecule has 0 aromatic heterocycles. The molecule has 0 heterocycles. The zero-order valence-corrected chi connectivity index (χ0v) is 10.3. The maximum absolute atomic E-state index is 3.50. The third kappa shape index (κ3) is 2.54. The van der Waals surface area contributed by atoms with Crippen molar-refractivity contribution in [2.24, 2.45) is 5.92 Å². The highest BCUT2D eigenvalue weighted by atomic mass is 15.2. The van der Waals surface area contributed by atoms with Gasteiger partial charge in [-0.25, -0.2) is 0 Å². The minimum Gasteiger partial charge on any atom is -0.315 e. The maximum Gasteiger partial charge on any atom is 0.0249 e. The Morgan fingerprint density at radius 2 is 1.87 bits per heavy atom. The molecule has 0 bridgehead atoms. The van der Waals surface area contributed by atoms with E-state index in [1.807, 2.05) is 0 Å². The van der Waals surface area contributed by atoms with Crippen molar-refractivity contribution in [3.63, 3.8) is 0 Å². The second kappa shape index (κ2) is 5.31. The van der Waals surface area contributed by atoms with Crippen molar-refractivity contribution >= 4 is 0 Å². The monoisotopic (exact) mass is 210 g/mol. The van der Waals surface area contributed by atoms with Crippen LogP contribution < -0.4 is 5.32 Å². The second-order valence-electron chi connectivity index (χ2n) is 5.28. The van der Waals surface area contributed by atoms with Crippen LogP contribution in [0.5, 0.6) is 0 Å². The molecule has 2 fully saturated rings. The van der Waals surface area contributed by atoms with Crippen LogP contribution in [0.3, 0.4) is 0 Å². The van der Waals surface area contributed by atoms with E-state index in [9.17, 15) is 0 Å². The van der Waals surface area contributed by atoms with E-state index in [-0.39, 0.29) is 0 Å². The fraction of sp³-hybridized carbons (Fsp3) is 1.00. The molecule has 2 unspecified atom stereocenters. The van der Waals surface area contributed by atoms with Crippen molar-refractivity contribution in [1.82, 2.24) is 10.2 Å². The zero-order valence-electron chi connectivity index (χ0n) is 10.3. The molecule has 15 heavy (non-hydrogen) atoms. The van der Waals surface area contributed by atoms with E-state index in [4.69, 9.17) is 0 Å². The Morgan fingerprint density at radius 1 is 1.13 bits per heavy atom. The summed E-state index contributed by atoms with van der Waals surface area (Å²) in [6.07, 6.45) is 8.63. The highest BCUT2D eigenvalue weighted by molar-refractivity contribution is 4.90. The first-order chi connectivity index (χ1) is 7.35.